The second kappa shape index (κ2) is 14.2. The molecule has 9 nitrogen and oxygen atoms in total. The van der Waals surface area contributed by atoms with Gasteiger partial charge in [0.05, 0.1) is 6.54 Å². The van der Waals surface area contributed by atoms with Crippen LogP contribution in [0.15, 0.2) is 48.5 Å². The van der Waals surface area contributed by atoms with Crippen molar-refractivity contribution < 1.29 is 23.9 Å². The van der Waals surface area contributed by atoms with Crippen molar-refractivity contribution >= 4 is 18.3 Å². The lowest BCUT2D eigenvalue weighted by Crippen LogP contribution is -2.63. The SMILES string of the molecule is CC(C)CN(C)C=O.CC(Cc1ccc(O)cc1)N1CN(C(=O)NCc2ccc(F)cc2)N(C)CC1=O. The molecule has 0 aromatic heterocycles. The number of aromatic hydroxyl groups is 1. The number of carbonyl (C=O) groups is 3. The lowest BCUT2D eigenvalue weighted by Gasteiger charge is -2.43. The van der Waals surface area contributed by atoms with E-state index >= 15 is 0 Å². The van der Waals surface area contributed by atoms with Crippen LogP contribution in [0.5, 0.6) is 5.75 Å². The number of phenolic OH excluding ortho intramolecular Hbond substituents is 1. The van der Waals surface area contributed by atoms with E-state index in [-0.39, 0.29) is 49.3 Å². The van der Waals surface area contributed by atoms with Crippen molar-refractivity contribution in [1.82, 2.24) is 25.1 Å². The summed E-state index contributed by atoms with van der Waals surface area (Å²) in [6.07, 6.45) is 1.46. The second-order valence-electron chi connectivity index (χ2n) is 9.66. The van der Waals surface area contributed by atoms with E-state index in [1.54, 1.807) is 53.2 Å². The average molecular weight is 516 g/mol. The van der Waals surface area contributed by atoms with E-state index in [0.717, 1.165) is 24.1 Å². The van der Waals surface area contributed by atoms with Crippen molar-refractivity contribution in [2.45, 2.75) is 39.8 Å². The number of hydrogen-bond acceptors (Lipinski definition) is 5. The maximum absolute atomic E-state index is 13.0. The highest BCUT2D eigenvalue weighted by Crippen LogP contribution is 2.17. The van der Waals surface area contributed by atoms with Gasteiger partial charge in [-0.3, -0.25) is 9.59 Å². The fourth-order valence-corrected chi connectivity index (χ4v) is 3.88. The lowest BCUT2D eigenvalue weighted by molar-refractivity contribution is -0.153. The fourth-order valence-electron chi connectivity index (χ4n) is 3.88. The first-order chi connectivity index (χ1) is 17.5. The van der Waals surface area contributed by atoms with Crippen LogP contribution < -0.4 is 5.32 Å². The summed E-state index contributed by atoms with van der Waals surface area (Å²) >= 11 is 0. The minimum atomic E-state index is -0.328. The summed E-state index contributed by atoms with van der Waals surface area (Å²) in [6, 6.07) is 12.3. The van der Waals surface area contributed by atoms with Gasteiger partial charge in [0, 0.05) is 33.2 Å². The van der Waals surface area contributed by atoms with Crippen LogP contribution >= 0.6 is 0 Å². The molecule has 4 amide bonds. The largest absolute Gasteiger partial charge is 0.508 e. The number of halogens is 1. The van der Waals surface area contributed by atoms with E-state index in [2.05, 4.69) is 19.2 Å². The Hall–Kier alpha value is -3.66. The Balaban J connectivity index is 0.000000521. The second-order valence-corrected chi connectivity index (χ2v) is 9.66. The zero-order chi connectivity index (χ0) is 27.5. The number of phenols is 1. The highest BCUT2D eigenvalue weighted by molar-refractivity contribution is 5.82. The first kappa shape index (κ1) is 29.6. The Bertz CT molecular complexity index is 1020. The summed E-state index contributed by atoms with van der Waals surface area (Å²) in [5.74, 6) is 0.389. The Morgan fingerprint density at radius 1 is 1.11 bits per heavy atom. The number of nitrogens with zero attached hydrogens (tertiary/aromatic N) is 4. The number of hydrogen-bond donors (Lipinski definition) is 2. The van der Waals surface area contributed by atoms with Gasteiger partial charge in [0.15, 0.2) is 0 Å². The molecule has 10 heteroatoms. The molecule has 2 aromatic rings. The molecule has 1 fully saturated rings. The predicted molar refractivity (Wildman–Crippen MR) is 140 cm³/mol. The standard InChI is InChI=1S/C21H25FN4O3.C6H13NO/c1-15(11-16-5-9-19(27)10-6-16)25-14-26(24(2)13-20(25)28)21(29)23-12-17-3-7-18(22)8-4-17;1-6(2)4-7(3)5-8/h3-10,15,27H,11-14H2,1-2H3,(H,23,29);5-6H,4H2,1-3H3. The van der Waals surface area contributed by atoms with Gasteiger partial charge >= 0.3 is 6.03 Å². The highest BCUT2D eigenvalue weighted by Gasteiger charge is 2.33. The molecule has 0 spiro atoms. The third-order valence-electron chi connectivity index (χ3n) is 5.81. The van der Waals surface area contributed by atoms with Crippen LogP contribution in [-0.4, -0.2) is 83.2 Å². The molecule has 1 heterocycles. The van der Waals surface area contributed by atoms with Gasteiger partial charge in [0.25, 0.3) is 0 Å². The van der Waals surface area contributed by atoms with E-state index in [1.165, 1.54) is 17.1 Å². The number of rotatable bonds is 8. The summed E-state index contributed by atoms with van der Waals surface area (Å²) in [5, 5.41) is 15.3. The van der Waals surface area contributed by atoms with Crippen LogP contribution in [0.1, 0.15) is 31.9 Å². The molecule has 0 bridgehead atoms. The van der Waals surface area contributed by atoms with Gasteiger partial charge in [-0.05, 0) is 54.7 Å². The fraction of sp³-hybridized carbons (Fsp3) is 0.444. The molecule has 2 N–H and O–H groups in total. The van der Waals surface area contributed by atoms with Crippen LogP contribution in [0.4, 0.5) is 9.18 Å². The van der Waals surface area contributed by atoms with Crippen molar-refractivity contribution in [2.24, 2.45) is 5.92 Å². The number of carbonyl (C=O) groups excluding carboxylic acids is 3. The highest BCUT2D eigenvalue weighted by atomic mass is 19.1. The van der Waals surface area contributed by atoms with E-state index in [9.17, 15) is 23.9 Å². The maximum atomic E-state index is 13.0. The number of nitrogens with one attached hydrogen (secondary N) is 1. The van der Waals surface area contributed by atoms with Crippen molar-refractivity contribution in [3.8, 4) is 5.75 Å². The molecular formula is C27H38FN5O4. The van der Waals surface area contributed by atoms with Crippen molar-refractivity contribution in [1.29, 1.82) is 0 Å². The Labute approximate surface area is 218 Å². The summed E-state index contributed by atoms with van der Waals surface area (Å²) in [6.45, 7) is 7.46. The van der Waals surface area contributed by atoms with Gasteiger partial charge in [-0.1, -0.05) is 38.1 Å². The topological polar surface area (TPSA) is 96.4 Å². The van der Waals surface area contributed by atoms with Crippen LogP contribution in [0.25, 0.3) is 0 Å². The molecule has 0 aliphatic carbocycles. The van der Waals surface area contributed by atoms with Crippen LogP contribution in [0.3, 0.4) is 0 Å². The number of likely N-dealkylation sites (N-methyl/N-ethyl adjacent to an activating group) is 1. The van der Waals surface area contributed by atoms with Crippen molar-refractivity contribution in [3.05, 3.63) is 65.5 Å². The average Bonchev–Trinajstić information content (AvgIpc) is 2.85. The van der Waals surface area contributed by atoms with Crippen molar-refractivity contribution in [2.75, 3.05) is 33.9 Å². The van der Waals surface area contributed by atoms with Gasteiger partial charge in [0.1, 0.15) is 18.2 Å². The third kappa shape index (κ3) is 9.72. The Morgan fingerprint density at radius 3 is 2.24 bits per heavy atom. The quantitative estimate of drug-likeness (QED) is 0.527. The van der Waals surface area contributed by atoms with Gasteiger partial charge in [-0.2, -0.15) is 0 Å². The number of hydrazine groups is 1. The smallest absolute Gasteiger partial charge is 0.333 e. The van der Waals surface area contributed by atoms with Gasteiger partial charge < -0.3 is 20.2 Å². The van der Waals surface area contributed by atoms with Gasteiger partial charge in [0.2, 0.25) is 12.3 Å². The Kier molecular flexibility index (Phi) is 11.3. The third-order valence-corrected chi connectivity index (χ3v) is 5.81. The summed E-state index contributed by atoms with van der Waals surface area (Å²) < 4.78 is 13.0. The minimum absolute atomic E-state index is 0.0543. The molecule has 37 heavy (non-hydrogen) atoms. The van der Waals surface area contributed by atoms with Crippen molar-refractivity contribution in [3.63, 3.8) is 0 Å². The molecule has 1 atom stereocenters. The first-order valence-electron chi connectivity index (χ1n) is 12.2. The zero-order valence-electron chi connectivity index (χ0n) is 22.2. The molecular weight excluding hydrogens is 477 g/mol. The number of urea groups is 1. The first-order valence-corrected chi connectivity index (χ1v) is 12.2. The molecule has 1 aliphatic heterocycles. The molecule has 1 saturated heterocycles. The minimum Gasteiger partial charge on any atom is -0.508 e. The molecule has 0 radical (unpaired) electrons. The monoisotopic (exact) mass is 515 g/mol. The van der Waals surface area contributed by atoms with Gasteiger partial charge in [-0.15, -0.1) is 0 Å². The molecule has 3 rings (SSSR count). The van der Waals surface area contributed by atoms with Crippen LogP contribution in [-0.2, 0) is 22.6 Å². The van der Waals surface area contributed by atoms with Crippen LogP contribution in [0, 0.1) is 11.7 Å². The van der Waals surface area contributed by atoms with E-state index < -0.39 is 0 Å². The molecule has 0 saturated carbocycles. The predicted octanol–water partition coefficient (Wildman–Crippen LogP) is 3.05. The molecule has 1 unspecified atom stereocenters. The molecule has 2 aromatic carbocycles. The lowest BCUT2D eigenvalue weighted by atomic mass is 10.1. The summed E-state index contributed by atoms with van der Waals surface area (Å²) in [7, 11) is 3.48. The van der Waals surface area contributed by atoms with Gasteiger partial charge in [-0.25, -0.2) is 19.2 Å². The maximum Gasteiger partial charge on any atom is 0.333 e. The molecule has 1 aliphatic rings. The summed E-state index contributed by atoms with van der Waals surface area (Å²) in [5.41, 5.74) is 1.78. The Morgan fingerprint density at radius 2 is 1.70 bits per heavy atom. The van der Waals surface area contributed by atoms with E-state index in [1.807, 2.05) is 19.1 Å². The summed E-state index contributed by atoms with van der Waals surface area (Å²) in [4.78, 5) is 38.5. The van der Waals surface area contributed by atoms with Crippen LogP contribution in [0.2, 0.25) is 0 Å². The zero-order valence-corrected chi connectivity index (χ0v) is 22.2. The van der Waals surface area contributed by atoms with E-state index in [4.69, 9.17) is 0 Å². The number of amides is 4. The van der Waals surface area contributed by atoms with E-state index in [0.29, 0.717) is 12.3 Å². The normalized spacial score (nSPS) is 14.6. The number of benzene rings is 2. The molecule has 202 valence electrons.